The van der Waals surface area contributed by atoms with Gasteiger partial charge in [-0.2, -0.15) is 0 Å². The van der Waals surface area contributed by atoms with E-state index < -0.39 is 16.1 Å². The van der Waals surface area contributed by atoms with E-state index in [0.29, 0.717) is 42.7 Å². The molecule has 0 fully saturated rings. The summed E-state index contributed by atoms with van der Waals surface area (Å²) >= 11 is 0. The highest BCUT2D eigenvalue weighted by Gasteiger charge is 2.27. The quantitative estimate of drug-likeness (QED) is 0.410. The van der Waals surface area contributed by atoms with E-state index in [9.17, 15) is 18.0 Å². The van der Waals surface area contributed by atoms with Crippen LogP contribution in [0.25, 0.3) is 0 Å². The molecular formula is C27H37N3O7S. The summed E-state index contributed by atoms with van der Waals surface area (Å²) in [5.41, 5.74) is 1.29. The molecular weight excluding hydrogens is 510 g/mol. The van der Waals surface area contributed by atoms with Crippen molar-refractivity contribution in [2.75, 3.05) is 44.0 Å². The average Bonchev–Trinajstić information content (AvgIpc) is 2.91. The topological polar surface area (TPSA) is 114 Å². The van der Waals surface area contributed by atoms with E-state index in [1.54, 1.807) is 44.4 Å². The molecule has 0 saturated heterocycles. The molecule has 1 heterocycles. The first-order valence-corrected chi connectivity index (χ1v) is 14.6. The van der Waals surface area contributed by atoms with E-state index >= 15 is 0 Å². The smallest absolute Gasteiger partial charge is 0.242 e. The minimum absolute atomic E-state index is 0.0676. The first-order valence-electron chi connectivity index (χ1n) is 12.7. The minimum atomic E-state index is -3.62. The number of anilines is 1. The van der Waals surface area contributed by atoms with Gasteiger partial charge in [-0.1, -0.05) is 19.1 Å². The molecule has 0 spiro atoms. The Morgan fingerprint density at radius 1 is 1.08 bits per heavy atom. The maximum absolute atomic E-state index is 13.4. The Morgan fingerprint density at radius 3 is 2.39 bits per heavy atom. The summed E-state index contributed by atoms with van der Waals surface area (Å²) in [6.07, 6.45) is 2.24. The van der Waals surface area contributed by atoms with Crippen molar-refractivity contribution in [2.45, 2.75) is 45.7 Å². The third-order valence-corrected chi connectivity index (χ3v) is 7.39. The second kappa shape index (κ2) is 13.4. The van der Waals surface area contributed by atoms with Crippen molar-refractivity contribution >= 4 is 27.5 Å². The maximum atomic E-state index is 13.4. The molecule has 0 bridgehead atoms. The molecule has 10 nitrogen and oxygen atoms in total. The molecule has 1 N–H and O–H groups in total. The summed E-state index contributed by atoms with van der Waals surface area (Å²) in [7, 11) is -2.04. The fraction of sp³-hybridized carbons (Fsp3) is 0.481. The zero-order chi connectivity index (χ0) is 27.7. The van der Waals surface area contributed by atoms with Crippen molar-refractivity contribution in [3.05, 3.63) is 48.0 Å². The molecule has 1 unspecified atom stereocenters. The number of hydrogen-bond acceptors (Lipinski definition) is 7. The van der Waals surface area contributed by atoms with Gasteiger partial charge >= 0.3 is 0 Å². The van der Waals surface area contributed by atoms with Crippen molar-refractivity contribution < 1.29 is 32.2 Å². The molecule has 1 aliphatic heterocycles. The van der Waals surface area contributed by atoms with Crippen LogP contribution in [0.2, 0.25) is 0 Å². The molecule has 208 valence electrons. The van der Waals surface area contributed by atoms with Crippen LogP contribution in [-0.4, -0.2) is 70.8 Å². The fourth-order valence-corrected chi connectivity index (χ4v) is 5.05. The Bertz CT molecular complexity index is 1200. The predicted molar refractivity (Wildman–Crippen MR) is 145 cm³/mol. The molecule has 3 rings (SSSR count). The molecule has 1 aliphatic rings. The van der Waals surface area contributed by atoms with Crippen LogP contribution in [0.3, 0.4) is 0 Å². The third-order valence-electron chi connectivity index (χ3n) is 6.19. The van der Waals surface area contributed by atoms with Gasteiger partial charge in [0.1, 0.15) is 25.0 Å². The van der Waals surface area contributed by atoms with Crippen molar-refractivity contribution in [3.8, 4) is 17.2 Å². The lowest BCUT2D eigenvalue weighted by Gasteiger charge is -2.29. The summed E-state index contributed by atoms with van der Waals surface area (Å²) in [5.74, 6) is 1.27. The van der Waals surface area contributed by atoms with E-state index in [-0.39, 0.29) is 37.7 Å². The Hall–Kier alpha value is -3.47. The second-order valence-electron chi connectivity index (χ2n) is 9.10. The molecule has 0 aromatic heterocycles. The van der Waals surface area contributed by atoms with Crippen LogP contribution in [0.15, 0.2) is 42.5 Å². The Morgan fingerprint density at radius 2 is 1.76 bits per heavy atom. The number of nitrogens with one attached hydrogen (secondary N) is 1. The SMILES string of the molecule is CCCNC(=O)C(C)N(Cc1ccc(OC)cc1)C(=O)CCCN(c1ccc2c(c1)OCCO2)S(C)(=O)=O. The van der Waals surface area contributed by atoms with Crippen LogP contribution in [0.1, 0.15) is 38.7 Å². The highest BCUT2D eigenvalue weighted by Crippen LogP contribution is 2.34. The Balaban J connectivity index is 1.72. The molecule has 2 aromatic carbocycles. The maximum Gasteiger partial charge on any atom is 0.242 e. The van der Waals surface area contributed by atoms with Gasteiger partial charge in [-0.05, 0) is 49.6 Å². The normalized spacial score (nSPS) is 13.4. The van der Waals surface area contributed by atoms with Gasteiger partial charge in [0, 0.05) is 32.1 Å². The van der Waals surface area contributed by atoms with Gasteiger partial charge in [0.25, 0.3) is 0 Å². The highest BCUT2D eigenvalue weighted by atomic mass is 32.2. The number of rotatable bonds is 13. The number of nitrogens with zero attached hydrogens (tertiary/aromatic N) is 2. The third kappa shape index (κ3) is 7.77. The first-order chi connectivity index (χ1) is 18.1. The van der Waals surface area contributed by atoms with Gasteiger partial charge in [-0.3, -0.25) is 13.9 Å². The number of carbonyl (C=O) groups is 2. The molecule has 38 heavy (non-hydrogen) atoms. The number of sulfonamides is 1. The van der Waals surface area contributed by atoms with Gasteiger partial charge in [0.15, 0.2) is 11.5 Å². The number of amides is 2. The zero-order valence-corrected chi connectivity index (χ0v) is 23.3. The molecule has 1 atom stereocenters. The highest BCUT2D eigenvalue weighted by molar-refractivity contribution is 7.92. The zero-order valence-electron chi connectivity index (χ0n) is 22.4. The Labute approximate surface area is 224 Å². The minimum Gasteiger partial charge on any atom is -0.497 e. The average molecular weight is 548 g/mol. The summed E-state index contributed by atoms with van der Waals surface area (Å²) in [4.78, 5) is 27.6. The van der Waals surface area contributed by atoms with Crippen LogP contribution in [0.5, 0.6) is 17.2 Å². The monoisotopic (exact) mass is 547 g/mol. The molecule has 0 radical (unpaired) electrons. The van der Waals surface area contributed by atoms with E-state index in [4.69, 9.17) is 14.2 Å². The number of carbonyl (C=O) groups excluding carboxylic acids is 2. The van der Waals surface area contributed by atoms with Gasteiger partial charge < -0.3 is 24.4 Å². The standard InChI is InChI=1S/C27H37N3O7S/c1-5-14-28-27(32)20(2)29(19-21-8-11-23(35-3)12-9-21)26(31)7-6-15-30(38(4,33)34)22-10-13-24-25(18-22)37-17-16-36-24/h8-13,18,20H,5-7,14-17,19H2,1-4H3,(H,28,32). The lowest BCUT2D eigenvalue weighted by Crippen LogP contribution is -2.47. The second-order valence-corrected chi connectivity index (χ2v) is 11.0. The van der Waals surface area contributed by atoms with Crippen LogP contribution in [-0.2, 0) is 26.2 Å². The van der Waals surface area contributed by atoms with Gasteiger partial charge in [0.2, 0.25) is 21.8 Å². The van der Waals surface area contributed by atoms with Crippen LogP contribution >= 0.6 is 0 Å². The van der Waals surface area contributed by atoms with E-state index in [1.165, 1.54) is 9.21 Å². The van der Waals surface area contributed by atoms with E-state index in [1.807, 2.05) is 19.1 Å². The summed E-state index contributed by atoms with van der Waals surface area (Å²) in [6.45, 7) is 5.33. The van der Waals surface area contributed by atoms with Crippen LogP contribution < -0.4 is 23.8 Å². The lowest BCUT2D eigenvalue weighted by atomic mass is 10.1. The summed E-state index contributed by atoms with van der Waals surface area (Å²) in [5, 5.41) is 2.85. The lowest BCUT2D eigenvalue weighted by molar-refractivity contribution is -0.140. The molecule has 11 heteroatoms. The van der Waals surface area contributed by atoms with Gasteiger partial charge in [0.05, 0.1) is 19.1 Å². The van der Waals surface area contributed by atoms with Gasteiger partial charge in [-0.15, -0.1) is 0 Å². The van der Waals surface area contributed by atoms with Crippen molar-refractivity contribution in [1.82, 2.24) is 10.2 Å². The van der Waals surface area contributed by atoms with E-state index in [0.717, 1.165) is 18.2 Å². The number of methoxy groups -OCH3 is 1. The molecule has 0 aliphatic carbocycles. The van der Waals surface area contributed by atoms with Gasteiger partial charge in [-0.25, -0.2) is 8.42 Å². The number of hydrogen-bond donors (Lipinski definition) is 1. The summed E-state index contributed by atoms with van der Waals surface area (Å²) < 4.78 is 42.8. The Kier molecular flexibility index (Phi) is 10.2. The fourth-order valence-electron chi connectivity index (χ4n) is 4.10. The largest absolute Gasteiger partial charge is 0.497 e. The number of ether oxygens (including phenoxy) is 3. The molecule has 0 saturated carbocycles. The molecule has 2 amide bonds. The molecule has 2 aromatic rings. The number of fused-ring (bicyclic) bond motifs is 1. The van der Waals surface area contributed by atoms with Crippen LogP contribution in [0, 0.1) is 0 Å². The number of benzene rings is 2. The van der Waals surface area contributed by atoms with Crippen LogP contribution in [0.4, 0.5) is 5.69 Å². The van der Waals surface area contributed by atoms with E-state index in [2.05, 4.69) is 5.32 Å². The predicted octanol–water partition coefficient (Wildman–Crippen LogP) is 2.96. The first kappa shape index (κ1) is 29.1. The van der Waals surface area contributed by atoms with Crippen molar-refractivity contribution in [2.24, 2.45) is 0 Å². The van der Waals surface area contributed by atoms with Crippen molar-refractivity contribution in [1.29, 1.82) is 0 Å². The summed E-state index contributed by atoms with van der Waals surface area (Å²) in [6, 6.07) is 11.6. The van der Waals surface area contributed by atoms with Crippen molar-refractivity contribution in [3.63, 3.8) is 0 Å².